The lowest BCUT2D eigenvalue weighted by molar-refractivity contribution is -0.120. The Morgan fingerprint density at radius 1 is 1.30 bits per heavy atom. The monoisotopic (exact) mass is 276 g/mol. The van der Waals surface area contributed by atoms with Crippen LogP contribution in [0.1, 0.15) is 30.1 Å². The van der Waals surface area contributed by atoms with Crippen LogP contribution in [0.25, 0.3) is 0 Å². The van der Waals surface area contributed by atoms with Crippen molar-refractivity contribution in [1.82, 2.24) is 10.2 Å². The Bertz CT molecular complexity index is 484. The molecule has 5 nitrogen and oxygen atoms in total. The summed E-state index contributed by atoms with van der Waals surface area (Å²) in [5.41, 5.74) is 0.647. The van der Waals surface area contributed by atoms with Crippen LogP contribution in [0.5, 0.6) is 5.75 Å². The van der Waals surface area contributed by atoms with Crippen LogP contribution in [0.15, 0.2) is 24.3 Å². The standard InChI is InChI=1S/C15H20N2O3/c1-11(18)16-13-4-3-9-17(10-13)15(19)12-5-7-14(20-2)8-6-12/h5-8,13H,3-4,9-10H2,1-2H3,(H,16,18). The summed E-state index contributed by atoms with van der Waals surface area (Å²) in [5.74, 6) is 0.688. The first-order valence-corrected chi connectivity index (χ1v) is 6.80. The van der Waals surface area contributed by atoms with Crippen molar-refractivity contribution in [3.63, 3.8) is 0 Å². The molecule has 1 unspecified atom stereocenters. The molecule has 0 aliphatic carbocycles. The average molecular weight is 276 g/mol. The van der Waals surface area contributed by atoms with Crippen LogP contribution >= 0.6 is 0 Å². The van der Waals surface area contributed by atoms with Crippen molar-refractivity contribution in [1.29, 1.82) is 0 Å². The smallest absolute Gasteiger partial charge is 0.253 e. The maximum absolute atomic E-state index is 12.4. The Kier molecular flexibility index (Phi) is 4.61. The van der Waals surface area contributed by atoms with E-state index < -0.39 is 0 Å². The van der Waals surface area contributed by atoms with Crippen molar-refractivity contribution in [2.24, 2.45) is 0 Å². The number of likely N-dealkylation sites (tertiary alicyclic amines) is 1. The van der Waals surface area contributed by atoms with Gasteiger partial charge in [-0.3, -0.25) is 9.59 Å². The van der Waals surface area contributed by atoms with Gasteiger partial charge in [-0.15, -0.1) is 0 Å². The molecular formula is C15H20N2O3. The molecule has 1 aromatic carbocycles. The van der Waals surface area contributed by atoms with E-state index in [-0.39, 0.29) is 17.9 Å². The van der Waals surface area contributed by atoms with Gasteiger partial charge >= 0.3 is 0 Å². The van der Waals surface area contributed by atoms with Crippen molar-refractivity contribution in [2.75, 3.05) is 20.2 Å². The van der Waals surface area contributed by atoms with Crippen LogP contribution in [0.2, 0.25) is 0 Å². The van der Waals surface area contributed by atoms with E-state index in [9.17, 15) is 9.59 Å². The van der Waals surface area contributed by atoms with E-state index in [1.807, 2.05) is 0 Å². The summed E-state index contributed by atoms with van der Waals surface area (Å²) >= 11 is 0. The number of benzene rings is 1. The number of ether oxygens (including phenoxy) is 1. The van der Waals surface area contributed by atoms with Gasteiger partial charge in [0, 0.05) is 31.6 Å². The highest BCUT2D eigenvalue weighted by Gasteiger charge is 2.24. The molecule has 108 valence electrons. The van der Waals surface area contributed by atoms with E-state index in [0.29, 0.717) is 12.1 Å². The summed E-state index contributed by atoms with van der Waals surface area (Å²) in [6.07, 6.45) is 1.83. The van der Waals surface area contributed by atoms with Gasteiger partial charge < -0.3 is 15.0 Å². The Hall–Kier alpha value is -2.04. The molecule has 1 atom stereocenters. The zero-order valence-electron chi connectivity index (χ0n) is 11.9. The number of rotatable bonds is 3. The summed E-state index contributed by atoms with van der Waals surface area (Å²) in [4.78, 5) is 25.3. The van der Waals surface area contributed by atoms with Crippen LogP contribution in [-0.4, -0.2) is 43.0 Å². The van der Waals surface area contributed by atoms with E-state index in [1.165, 1.54) is 6.92 Å². The van der Waals surface area contributed by atoms with Gasteiger partial charge in [-0.2, -0.15) is 0 Å². The van der Waals surface area contributed by atoms with Crippen molar-refractivity contribution in [3.05, 3.63) is 29.8 Å². The third-order valence-corrected chi connectivity index (χ3v) is 3.45. The molecule has 0 spiro atoms. The molecule has 5 heteroatoms. The molecule has 1 aliphatic rings. The van der Waals surface area contributed by atoms with Gasteiger partial charge in [0.2, 0.25) is 5.91 Å². The van der Waals surface area contributed by atoms with Gasteiger partial charge in [0.25, 0.3) is 5.91 Å². The number of methoxy groups -OCH3 is 1. The first kappa shape index (κ1) is 14.4. The Morgan fingerprint density at radius 2 is 2.00 bits per heavy atom. The first-order valence-electron chi connectivity index (χ1n) is 6.80. The van der Waals surface area contributed by atoms with E-state index in [0.717, 1.165) is 25.1 Å². The predicted octanol–water partition coefficient (Wildman–Crippen LogP) is 1.44. The van der Waals surface area contributed by atoms with Gasteiger partial charge in [0.05, 0.1) is 7.11 Å². The van der Waals surface area contributed by atoms with Crippen LogP contribution in [0.3, 0.4) is 0 Å². The third-order valence-electron chi connectivity index (χ3n) is 3.45. The molecule has 1 aromatic rings. The van der Waals surface area contributed by atoms with Crippen LogP contribution in [0.4, 0.5) is 0 Å². The molecule has 1 aliphatic heterocycles. The van der Waals surface area contributed by atoms with Crippen molar-refractivity contribution in [3.8, 4) is 5.75 Å². The molecule has 1 heterocycles. The quantitative estimate of drug-likeness (QED) is 0.908. The zero-order valence-corrected chi connectivity index (χ0v) is 11.9. The van der Waals surface area contributed by atoms with Gasteiger partial charge in [0.1, 0.15) is 5.75 Å². The molecule has 2 amide bonds. The lowest BCUT2D eigenvalue weighted by Crippen LogP contribution is -2.49. The summed E-state index contributed by atoms with van der Waals surface area (Å²) < 4.78 is 5.08. The number of carbonyl (C=O) groups excluding carboxylic acids is 2. The molecule has 0 saturated carbocycles. The largest absolute Gasteiger partial charge is 0.497 e. The molecule has 1 fully saturated rings. The van der Waals surface area contributed by atoms with E-state index in [2.05, 4.69) is 5.32 Å². The van der Waals surface area contributed by atoms with E-state index >= 15 is 0 Å². The average Bonchev–Trinajstić information content (AvgIpc) is 2.46. The number of hydrogen-bond donors (Lipinski definition) is 1. The number of hydrogen-bond acceptors (Lipinski definition) is 3. The second kappa shape index (κ2) is 6.41. The lowest BCUT2D eigenvalue weighted by Gasteiger charge is -2.33. The van der Waals surface area contributed by atoms with Gasteiger partial charge in [-0.1, -0.05) is 0 Å². The topological polar surface area (TPSA) is 58.6 Å². The Morgan fingerprint density at radius 3 is 2.60 bits per heavy atom. The van der Waals surface area contributed by atoms with Crippen LogP contribution in [0, 0.1) is 0 Å². The SMILES string of the molecule is COc1ccc(C(=O)N2CCCC(NC(C)=O)C2)cc1. The number of carbonyl (C=O) groups is 2. The summed E-state index contributed by atoms with van der Waals surface area (Å²) in [6.45, 7) is 2.82. The molecule has 0 radical (unpaired) electrons. The number of nitrogens with one attached hydrogen (secondary N) is 1. The Labute approximate surface area is 118 Å². The normalized spacial score (nSPS) is 18.5. The molecule has 1 N–H and O–H groups in total. The highest BCUT2D eigenvalue weighted by atomic mass is 16.5. The maximum atomic E-state index is 12.4. The minimum Gasteiger partial charge on any atom is -0.497 e. The fourth-order valence-corrected chi connectivity index (χ4v) is 2.48. The van der Waals surface area contributed by atoms with Crippen molar-refractivity contribution >= 4 is 11.8 Å². The lowest BCUT2D eigenvalue weighted by atomic mass is 10.0. The molecule has 0 aromatic heterocycles. The summed E-state index contributed by atoms with van der Waals surface area (Å²) in [6, 6.07) is 7.15. The van der Waals surface area contributed by atoms with Crippen molar-refractivity contribution in [2.45, 2.75) is 25.8 Å². The minimum absolute atomic E-state index is 0.00250. The number of nitrogens with zero attached hydrogens (tertiary/aromatic N) is 1. The highest BCUT2D eigenvalue weighted by molar-refractivity contribution is 5.94. The first-order chi connectivity index (χ1) is 9.60. The second-order valence-electron chi connectivity index (χ2n) is 5.02. The van der Waals surface area contributed by atoms with Gasteiger partial charge in [-0.05, 0) is 37.1 Å². The summed E-state index contributed by atoms with van der Waals surface area (Å²) in [7, 11) is 1.60. The molecule has 20 heavy (non-hydrogen) atoms. The fraction of sp³-hybridized carbons (Fsp3) is 0.467. The van der Waals surface area contributed by atoms with Gasteiger partial charge in [-0.25, -0.2) is 0 Å². The Balaban J connectivity index is 2.02. The molecule has 0 bridgehead atoms. The third kappa shape index (κ3) is 3.50. The van der Waals surface area contributed by atoms with Crippen LogP contribution < -0.4 is 10.1 Å². The molecule has 1 saturated heterocycles. The number of piperidine rings is 1. The predicted molar refractivity (Wildman–Crippen MR) is 75.7 cm³/mol. The molecule has 2 rings (SSSR count). The fourth-order valence-electron chi connectivity index (χ4n) is 2.48. The van der Waals surface area contributed by atoms with E-state index in [4.69, 9.17) is 4.74 Å². The maximum Gasteiger partial charge on any atom is 0.253 e. The number of amides is 2. The summed E-state index contributed by atoms with van der Waals surface area (Å²) in [5, 5.41) is 2.88. The van der Waals surface area contributed by atoms with Gasteiger partial charge in [0.15, 0.2) is 0 Å². The van der Waals surface area contributed by atoms with E-state index in [1.54, 1.807) is 36.3 Å². The zero-order chi connectivity index (χ0) is 14.5. The highest BCUT2D eigenvalue weighted by Crippen LogP contribution is 2.16. The molecular weight excluding hydrogens is 256 g/mol. The second-order valence-corrected chi connectivity index (χ2v) is 5.02. The van der Waals surface area contributed by atoms with Crippen LogP contribution in [-0.2, 0) is 4.79 Å². The minimum atomic E-state index is -0.0475. The van der Waals surface area contributed by atoms with Crippen molar-refractivity contribution < 1.29 is 14.3 Å².